The predicted octanol–water partition coefficient (Wildman–Crippen LogP) is 2.84. The molecule has 3 rings (SSSR count). The highest BCUT2D eigenvalue weighted by molar-refractivity contribution is 7.89. The number of hydrogen-bond donors (Lipinski definition) is 0. The lowest BCUT2D eigenvalue weighted by atomic mass is 10.3. The summed E-state index contributed by atoms with van der Waals surface area (Å²) >= 11 is 11.8. The largest absolute Gasteiger partial charge is 0.338 e. The maximum Gasteiger partial charge on any atom is 0.243 e. The van der Waals surface area contributed by atoms with Gasteiger partial charge in [0.2, 0.25) is 15.9 Å². The van der Waals surface area contributed by atoms with Crippen molar-refractivity contribution in [2.45, 2.75) is 31.2 Å². The van der Waals surface area contributed by atoms with Crippen molar-refractivity contribution in [3.05, 3.63) is 40.0 Å². The Labute approximate surface area is 162 Å². The Morgan fingerprint density at radius 1 is 1.15 bits per heavy atom. The highest BCUT2D eigenvalue weighted by atomic mass is 35.5. The number of rotatable bonds is 6. The Balaban J connectivity index is 1.61. The molecule has 10 heteroatoms. The Kier molecular flexibility index (Phi) is 6.19. The van der Waals surface area contributed by atoms with Gasteiger partial charge in [-0.2, -0.15) is 9.29 Å². The van der Waals surface area contributed by atoms with E-state index in [-0.39, 0.29) is 9.92 Å². The third kappa shape index (κ3) is 4.37. The lowest BCUT2D eigenvalue weighted by Gasteiger charge is -2.33. The van der Waals surface area contributed by atoms with E-state index in [1.807, 2.05) is 0 Å². The SMILES string of the molecule is CCCc1noc(CN2CCN(S(=O)(=O)c3ccc(Cl)c(Cl)c3)CC2)n1. The second kappa shape index (κ2) is 8.22. The van der Waals surface area contributed by atoms with Gasteiger partial charge in [0.25, 0.3) is 0 Å². The fraction of sp³-hybridized carbons (Fsp3) is 0.500. The predicted molar refractivity (Wildman–Crippen MR) is 98.8 cm³/mol. The number of piperazine rings is 1. The molecule has 0 radical (unpaired) electrons. The van der Waals surface area contributed by atoms with E-state index in [4.69, 9.17) is 27.7 Å². The summed E-state index contributed by atoms with van der Waals surface area (Å²) in [4.78, 5) is 6.60. The minimum Gasteiger partial charge on any atom is -0.338 e. The van der Waals surface area contributed by atoms with Crippen molar-refractivity contribution >= 4 is 33.2 Å². The van der Waals surface area contributed by atoms with Gasteiger partial charge in [-0.15, -0.1) is 0 Å². The molecule has 1 aromatic carbocycles. The molecule has 1 fully saturated rings. The standard InChI is InChI=1S/C16H20Cl2N4O3S/c1-2-3-15-19-16(25-20-15)11-21-6-8-22(9-7-21)26(23,24)12-4-5-13(17)14(18)10-12/h4-5,10H,2-3,6-9,11H2,1H3. The van der Waals surface area contributed by atoms with Crippen LogP contribution < -0.4 is 0 Å². The molecule has 0 spiro atoms. The summed E-state index contributed by atoms with van der Waals surface area (Å²) in [5.41, 5.74) is 0. The highest BCUT2D eigenvalue weighted by Gasteiger charge is 2.29. The summed E-state index contributed by atoms with van der Waals surface area (Å²) in [7, 11) is -3.59. The zero-order valence-corrected chi connectivity index (χ0v) is 16.7. The van der Waals surface area contributed by atoms with Crippen LogP contribution in [0.3, 0.4) is 0 Å². The Morgan fingerprint density at radius 2 is 1.88 bits per heavy atom. The molecule has 1 aromatic heterocycles. The molecule has 1 saturated heterocycles. The molecular weight excluding hydrogens is 399 g/mol. The first-order chi connectivity index (χ1) is 12.4. The number of benzene rings is 1. The van der Waals surface area contributed by atoms with E-state index >= 15 is 0 Å². The van der Waals surface area contributed by atoms with Crippen molar-refractivity contribution in [3.63, 3.8) is 0 Å². The summed E-state index contributed by atoms with van der Waals surface area (Å²) in [6, 6.07) is 4.36. The number of sulfonamides is 1. The van der Waals surface area contributed by atoms with Crippen LogP contribution in [0.25, 0.3) is 0 Å². The second-order valence-electron chi connectivity index (χ2n) is 6.11. The quantitative estimate of drug-likeness (QED) is 0.717. The van der Waals surface area contributed by atoms with E-state index in [1.54, 1.807) is 0 Å². The van der Waals surface area contributed by atoms with Crippen LogP contribution in [0.2, 0.25) is 10.0 Å². The molecule has 1 aliphatic heterocycles. The molecule has 0 saturated carbocycles. The van der Waals surface area contributed by atoms with Gasteiger partial charge in [-0.25, -0.2) is 8.42 Å². The maximum absolute atomic E-state index is 12.8. The molecule has 0 atom stereocenters. The summed E-state index contributed by atoms with van der Waals surface area (Å²) in [5, 5.41) is 4.50. The van der Waals surface area contributed by atoms with Gasteiger partial charge >= 0.3 is 0 Å². The van der Waals surface area contributed by atoms with Crippen LogP contribution in [0, 0.1) is 0 Å². The fourth-order valence-corrected chi connectivity index (χ4v) is 4.60. The molecular formula is C16H20Cl2N4O3S. The number of aromatic nitrogens is 2. The van der Waals surface area contributed by atoms with Gasteiger partial charge in [0.05, 0.1) is 21.5 Å². The van der Waals surface area contributed by atoms with Crippen molar-refractivity contribution in [2.24, 2.45) is 0 Å². The first-order valence-corrected chi connectivity index (χ1v) is 10.6. The number of nitrogens with zero attached hydrogens (tertiary/aromatic N) is 4. The van der Waals surface area contributed by atoms with E-state index < -0.39 is 10.0 Å². The second-order valence-corrected chi connectivity index (χ2v) is 8.86. The van der Waals surface area contributed by atoms with E-state index in [1.165, 1.54) is 22.5 Å². The number of halogens is 2. The molecule has 2 aromatic rings. The third-order valence-electron chi connectivity index (χ3n) is 4.20. The molecule has 1 aliphatic rings. The van der Waals surface area contributed by atoms with Gasteiger partial charge in [0, 0.05) is 32.6 Å². The average Bonchev–Trinajstić information content (AvgIpc) is 3.05. The summed E-state index contributed by atoms with van der Waals surface area (Å²) in [6.45, 7) is 4.54. The van der Waals surface area contributed by atoms with Crippen molar-refractivity contribution in [3.8, 4) is 0 Å². The maximum atomic E-state index is 12.8. The number of aryl methyl sites for hydroxylation is 1. The van der Waals surface area contributed by atoms with Crippen LogP contribution in [0.4, 0.5) is 0 Å². The average molecular weight is 419 g/mol. The van der Waals surface area contributed by atoms with Gasteiger partial charge in [0.15, 0.2) is 5.82 Å². The Bertz CT molecular complexity index is 864. The topological polar surface area (TPSA) is 79.5 Å². The fourth-order valence-electron chi connectivity index (χ4n) is 2.79. The van der Waals surface area contributed by atoms with Crippen molar-refractivity contribution in [1.82, 2.24) is 19.3 Å². The molecule has 0 amide bonds. The molecule has 142 valence electrons. The van der Waals surface area contributed by atoms with Crippen molar-refractivity contribution in [1.29, 1.82) is 0 Å². The zero-order valence-electron chi connectivity index (χ0n) is 14.4. The lowest BCUT2D eigenvalue weighted by Crippen LogP contribution is -2.48. The van der Waals surface area contributed by atoms with Gasteiger partial charge in [-0.3, -0.25) is 4.90 Å². The monoisotopic (exact) mass is 418 g/mol. The van der Waals surface area contributed by atoms with E-state index in [2.05, 4.69) is 22.0 Å². The molecule has 0 bridgehead atoms. The smallest absolute Gasteiger partial charge is 0.243 e. The molecule has 2 heterocycles. The van der Waals surface area contributed by atoms with Crippen LogP contribution in [-0.4, -0.2) is 53.9 Å². The third-order valence-corrected chi connectivity index (χ3v) is 6.84. The molecule has 26 heavy (non-hydrogen) atoms. The van der Waals surface area contributed by atoms with Gasteiger partial charge in [-0.05, 0) is 24.6 Å². The first kappa shape index (κ1) is 19.6. The van der Waals surface area contributed by atoms with E-state index in [9.17, 15) is 8.42 Å². The Morgan fingerprint density at radius 3 is 2.54 bits per heavy atom. The summed E-state index contributed by atoms with van der Waals surface area (Å²) in [6.07, 6.45) is 1.75. The molecule has 0 N–H and O–H groups in total. The van der Waals surface area contributed by atoms with Gasteiger partial charge < -0.3 is 4.52 Å². The minimum absolute atomic E-state index is 0.154. The first-order valence-electron chi connectivity index (χ1n) is 8.39. The van der Waals surface area contributed by atoms with Crippen molar-refractivity contribution < 1.29 is 12.9 Å². The number of hydrogen-bond acceptors (Lipinski definition) is 6. The minimum atomic E-state index is -3.59. The van der Waals surface area contributed by atoms with Crippen molar-refractivity contribution in [2.75, 3.05) is 26.2 Å². The molecule has 7 nitrogen and oxygen atoms in total. The zero-order chi connectivity index (χ0) is 18.7. The van der Waals surface area contributed by atoms with Gasteiger partial charge in [0.1, 0.15) is 0 Å². The van der Waals surface area contributed by atoms with E-state index in [0.29, 0.717) is 49.5 Å². The summed E-state index contributed by atoms with van der Waals surface area (Å²) in [5.74, 6) is 1.28. The highest BCUT2D eigenvalue weighted by Crippen LogP contribution is 2.27. The van der Waals surface area contributed by atoms with Gasteiger partial charge in [-0.1, -0.05) is 35.3 Å². The lowest BCUT2D eigenvalue weighted by molar-refractivity contribution is 0.163. The van der Waals surface area contributed by atoms with Crippen LogP contribution in [-0.2, 0) is 23.0 Å². The van der Waals surface area contributed by atoms with Crippen LogP contribution in [0.5, 0.6) is 0 Å². The normalized spacial score (nSPS) is 16.9. The van der Waals surface area contributed by atoms with Crippen LogP contribution in [0.15, 0.2) is 27.6 Å². The molecule has 0 unspecified atom stereocenters. The summed E-state index contributed by atoms with van der Waals surface area (Å²) < 4.78 is 32.2. The molecule has 0 aliphatic carbocycles. The van der Waals surface area contributed by atoms with Crippen LogP contribution >= 0.6 is 23.2 Å². The van der Waals surface area contributed by atoms with E-state index in [0.717, 1.165) is 12.8 Å². The van der Waals surface area contributed by atoms with Crippen LogP contribution in [0.1, 0.15) is 25.1 Å². The Hall–Kier alpha value is -1.19.